The smallest absolute Gasteiger partial charge is 0.245 e. The van der Waals surface area contributed by atoms with Gasteiger partial charge in [0.1, 0.15) is 4.90 Å². The number of hydrogen-bond acceptors (Lipinski definition) is 4. The molecule has 6 heteroatoms. The van der Waals surface area contributed by atoms with Crippen LogP contribution in [0.15, 0.2) is 29.2 Å². The van der Waals surface area contributed by atoms with Crippen molar-refractivity contribution in [2.45, 2.75) is 32.1 Å². The Labute approximate surface area is 127 Å². The van der Waals surface area contributed by atoms with Crippen LogP contribution in [-0.4, -0.2) is 32.4 Å². The zero-order valence-corrected chi connectivity index (χ0v) is 13.7. The van der Waals surface area contributed by atoms with Crippen LogP contribution in [0.2, 0.25) is 0 Å². The molecule has 1 rings (SSSR count). The molecule has 0 unspecified atom stereocenters. The first-order valence-corrected chi connectivity index (χ1v) is 8.57. The lowest BCUT2D eigenvalue weighted by Gasteiger charge is -2.24. The van der Waals surface area contributed by atoms with Crippen LogP contribution in [-0.2, 0) is 10.0 Å². The van der Waals surface area contributed by atoms with E-state index in [0.717, 1.165) is 0 Å². The first kappa shape index (κ1) is 17.5. The van der Waals surface area contributed by atoms with E-state index in [9.17, 15) is 8.42 Å². The molecule has 5 nitrogen and oxygen atoms in total. The molecule has 21 heavy (non-hydrogen) atoms. The third kappa shape index (κ3) is 4.73. The largest absolute Gasteiger partial charge is 0.384 e. The van der Waals surface area contributed by atoms with Gasteiger partial charge in [0.2, 0.25) is 10.0 Å². The lowest BCUT2D eigenvalue weighted by molar-refractivity contribution is 0.373. The summed E-state index contributed by atoms with van der Waals surface area (Å²) >= 11 is 0. The highest BCUT2D eigenvalue weighted by Gasteiger charge is 2.27. The van der Waals surface area contributed by atoms with Crippen molar-refractivity contribution in [2.75, 3.05) is 25.0 Å². The Bertz CT molecular complexity index is 591. The van der Waals surface area contributed by atoms with Crippen LogP contribution in [0.5, 0.6) is 0 Å². The van der Waals surface area contributed by atoms with Gasteiger partial charge in [0.15, 0.2) is 0 Å². The second-order valence-corrected chi connectivity index (χ2v) is 7.10. The van der Waals surface area contributed by atoms with E-state index in [-0.39, 0.29) is 23.8 Å². The number of nitrogens with one attached hydrogen (secondary N) is 1. The van der Waals surface area contributed by atoms with Gasteiger partial charge in [-0.25, -0.2) is 8.42 Å². The number of para-hydroxylation sites is 1. The molecule has 1 aromatic rings. The van der Waals surface area contributed by atoms with E-state index in [1.54, 1.807) is 24.3 Å². The number of sulfonamides is 1. The van der Waals surface area contributed by atoms with E-state index in [2.05, 4.69) is 5.32 Å². The zero-order valence-electron chi connectivity index (χ0n) is 12.8. The molecule has 0 bridgehead atoms. The van der Waals surface area contributed by atoms with Crippen LogP contribution in [0, 0.1) is 17.2 Å². The molecule has 0 fully saturated rings. The van der Waals surface area contributed by atoms with Crippen LogP contribution in [0.1, 0.15) is 27.2 Å². The Morgan fingerprint density at radius 1 is 1.33 bits per heavy atom. The minimum atomic E-state index is -3.60. The molecular weight excluding hydrogens is 286 g/mol. The van der Waals surface area contributed by atoms with Gasteiger partial charge < -0.3 is 5.32 Å². The molecule has 0 heterocycles. The van der Waals surface area contributed by atoms with Crippen molar-refractivity contribution in [1.82, 2.24) is 4.31 Å². The van der Waals surface area contributed by atoms with Gasteiger partial charge in [-0.1, -0.05) is 26.0 Å². The van der Waals surface area contributed by atoms with Crippen molar-refractivity contribution < 1.29 is 8.42 Å². The lowest BCUT2D eigenvalue weighted by Crippen LogP contribution is -2.35. The molecular formula is C15H23N3O2S. The number of nitriles is 1. The van der Waals surface area contributed by atoms with Crippen molar-refractivity contribution in [2.24, 2.45) is 5.92 Å². The maximum absolute atomic E-state index is 12.8. The predicted molar refractivity (Wildman–Crippen MR) is 84.4 cm³/mol. The fourth-order valence-electron chi connectivity index (χ4n) is 2.06. The van der Waals surface area contributed by atoms with E-state index in [4.69, 9.17) is 5.26 Å². The number of rotatable bonds is 8. The molecule has 0 saturated heterocycles. The summed E-state index contributed by atoms with van der Waals surface area (Å²) in [5.74, 6) is 0.199. The Morgan fingerprint density at radius 2 is 2.00 bits per heavy atom. The fraction of sp³-hybridized carbons (Fsp3) is 0.533. The first-order valence-electron chi connectivity index (χ1n) is 7.13. The minimum Gasteiger partial charge on any atom is -0.384 e. The summed E-state index contributed by atoms with van der Waals surface area (Å²) in [5.41, 5.74) is 0.603. The molecule has 0 aliphatic heterocycles. The van der Waals surface area contributed by atoms with E-state index in [1.165, 1.54) is 4.31 Å². The van der Waals surface area contributed by atoms with Crippen LogP contribution in [0.3, 0.4) is 0 Å². The molecule has 0 aliphatic carbocycles. The highest BCUT2D eigenvalue weighted by molar-refractivity contribution is 7.89. The van der Waals surface area contributed by atoms with Crippen LogP contribution >= 0.6 is 0 Å². The van der Waals surface area contributed by atoms with Gasteiger partial charge in [0.25, 0.3) is 0 Å². The van der Waals surface area contributed by atoms with Gasteiger partial charge in [0.05, 0.1) is 11.8 Å². The summed E-state index contributed by atoms with van der Waals surface area (Å²) in [6, 6.07) is 8.89. The highest BCUT2D eigenvalue weighted by atomic mass is 32.2. The van der Waals surface area contributed by atoms with Crippen molar-refractivity contribution in [3.05, 3.63) is 24.3 Å². The predicted octanol–water partition coefficient (Wildman–Crippen LogP) is 2.68. The Balaban J connectivity index is 3.19. The average molecular weight is 309 g/mol. The second kappa shape index (κ2) is 8.01. The van der Waals surface area contributed by atoms with Gasteiger partial charge in [0, 0.05) is 26.1 Å². The molecule has 0 saturated carbocycles. The van der Waals surface area contributed by atoms with Gasteiger partial charge in [-0.15, -0.1) is 0 Å². The third-order valence-corrected chi connectivity index (χ3v) is 4.84. The van der Waals surface area contributed by atoms with Crippen molar-refractivity contribution in [1.29, 1.82) is 5.26 Å². The zero-order chi connectivity index (χ0) is 15.9. The molecule has 0 aliphatic rings. The number of benzene rings is 1. The van der Waals surface area contributed by atoms with Crippen molar-refractivity contribution in [3.63, 3.8) is 0 Å². The number of hydrogen-bond donors (Lipinski definition) is 1. The Kier molecular flexibility index (Phi) is 6.66. The van der Waals surface area contributed by atoms with E-state index in [1.807, 2.05) is 26.8 Å². The second-order valence-electron chi connectivity index (χ2n) is 5.19. The van der Waals surface area contributed by atoms with Gasteiger partial charge in [-0.2, -0.15) is 9.57 Å². The fourth-order valence-corrected chi connectivity index (χ4v) is 3.83. The number of nitrogens with zero attached hydrogens (tertiary/aromatic N) is 2. The SMILES string of the molecule is CCNc1ccccc1S(=O)(=O)N(CCC#N)CC(C)C. The van der Waals surface area contributed by atoms with Gasteiger partial charge in [-0.05, 0) is 25.0 Å². The summed E-state index contributed by atoms with van der Waals surface area (Å²) < 4.78 is 27.1. The summed E-state index contributed by atoms with van der Waals surface area (Å²) in [6.07, 6.45) is 0.190. The normalized spacial score (nSPS) is 11.6. The molecule has 0 spiro atoms. The molecule has 1 N–H and O–H groups in total. The average Bonchev–Trinajstić information content (AvgIpc) is 2.43. The van der Waals surface area contributed by atoms with E-state index < -0.39 is 10.0 Å². The van der Waals surface area contributed by atoms with Crippen molar-refractivity contribution in [3.8, 4) is 6.07 Å². The quantitative estimate of drug-likeness (QED) is 0.801. The first-order chi connectivity index (χ1) is 9.93. The molecule has 0 amide bonds. The molecule has 116 valence electrons. The lowest BCUT2D eigenvalue weighted by atomic mass is 10.2. The monoisotopic (exact) mass is 309 g/mol. The molecule has 0 atom stereocenters. The molecule has 1 aromatic carbocycles. The van der Waals surface area contributed by atoms with E-state index in [0.29, 0.717) is 18.8 Å². The van der Waals surface area contributed by atoms with Crippen molar-refractivity contribution >= 4 is 15.7 Å². The summed E-state index contributed by atoms with van der Waals surface area (Å²) in [4.78, 5) is 0.269. The standard InChI is InChI=1S/C15H23N3O2S/c1-4-17-14-8-5-6-9-15(14)21(19,20)18(11-7-10-16)12-13(2)3/h5-6,8-9,13,17H,4,7,11-12H2,1-3H3. The maximum atomic E-state index is 12.8. The van der Waals surface area contributed by atoms with Crippen LogP contribution < -0.4 is 5.32 Å². The summed E-state index contributed by atoms with van der Waals surface area (Å²) in [7, 11) is -3.60. The Morgan fingerprint density at radius 3 is 2.57 bits per heavy atom. The Hall–Kier alpha value is -1.58. The third-order valence-electron chi connectivity index (χ3n) is 2.91. The van der Waals surface area contributed by atoms with Gasteiger partial charge in [-0.3, -0.25) is 0 Å². The van der Waals surface area contributed by atoms with Crippen LogP contribution in [0.25, 0.3) is 0 Å². The summed E-state index contributed by atoms with van der Waals surface area (Å²) in [6.45, 7) is 7.12. The molecule has 0 radical (unpaired) electrons. The maximum Gasteiger partial charge on any atom is 0.245 e. The topological polar surface area (TPSA) is 73.2 Å². The highest BCUT2D eigenvalue weighted by Crippen LogP contribution is 2.25. The van der Waals surface area contributed by atoms with Crippen LogP contribution in [0.4, 0.5) is 5.69 Å². The summed E-state index contributed by atoms with van der Waals surface area (Å²) in [5, 5.41) is 11.8. The molecule has 0 aromatic heterocycles. The van der Waals surface area contributed by atoms with E-state index >= 15 is 0 Å². The number of anilines is 1. The van der Waals surface area contributed by atoms with Gasteiger partial charge >= 0.3 is 0 Å². The minimum absolute atomic E-state index is 0.190.